The van der Waals surface area contributed by atoms with Crippen molar-refractivity contribution < 1.29 is 18.8 Å². The van der Waals surface area contributed by atoms with Crippen molar-refractivity contribution in [3.8, 4) is 0 Å². The normalized spacial score (nSPS) is 14.2. The SMILES string of the molecule is O=C(Nc1ccc(F)cc1Cl)c1cc([N+](=O)[O-])ccc1N1CCOCC1. The van der Waals surface area contributed by atoms with Crippen molar-refractivity contribution >= 4 is 34.6 Å². The number of anilines is 2. The van der Waals surface area contributed by atoms with Gasteiger partial charge in [0.1, 0.15) is 5.82 Å². The molecule has 1 heterocycles. The number of halogens is 2. The lowest BCUT2D eigenvalue weighted by molar-refractivity contribution is -0.384. The van der Waals surface area contributed by atoms with Gasteiger partial charge < -0.3 is 15.0 Å². The maximum Gasteiger partial charge on any atom is 0.270 e. The summed E-state index contributed by atoms with van der Waals surface area (Å²) in [5.41, 5.74) is 0.728. The van der Waals surface area contributed by atoms with Gasteiger partial charge in [-0.25, -0.2) is 4.39 Å². The largest absolute Gasteiger partial charge is 0.378 e. The molecule has 1 aliphatic heterocycles. The number of rotatable bonds is 4. The van der Waals surface area contributed by atoms with Crippen LogP contribution in [-0.2, 0) is 4.74 Å². The summed E-state index contributed by atoms with van der Waals surface area (Å²) < 4.78 is 18.5. The number of nitrogens with zero attached hydrogens (tertiary/aromatic N) is 2. The van der Waals surface area contributed by atoms with Gasteiger partial charge in [0.2, 0.25) is 0 Å². The number of nitro benzene ring substituents is 1. The van der Waals surface area contributed by atoms with E-state index in [0.29, 0.717) is 32.0 Å². The average Bonchev–Trinajstić information content (AvgIpc) is 2.64. The summed E-state index contributed by atoms with van der Waals surface area (Å²) in [7, 11) is 0. The number of amides is 1. The predicted molar refractivity (Wildman–Crippen MR) is 95.5 cm³/mol. The standard InChI is InChI=1S/C17H15ClFN3O4/c18-14-9-11(19)1-3-15(14)20-17(23)13-10-12(22(24)25)2-4-16(13)21-5-7-26-8-6-21/h1-4,9-10H,5-8H2,(H,20,23). The molecule has 26 heavy (non-hydrogen) atoms. The first kappa shape index (κ1) is 18.1. The highest BCUT2D eigenvalue weighted by Gasteiger charge is 2.22. The van der Waals surface area contributed by atoms with Crippen molar-refractivity contribution in [1.29, 1.82) is 0 Å². The van der Waals surface area contributed by atoms with Crippen LogP contribution in [0.3, 0.4) is 0 Å². The zero-order valence-corrected chi connectivity index (χ0v) is 14.3. The molecule has 0 unspecified atom stereocenters. The van der Waals surface area contributed by atoms with Crippen LogP contribution in [0.5, 0.6) is 0 Å². The van der Waals surface area contributed by atoms with E-state index in [1.54, 1.807) is 6.07 Å². The van der Waals surface area contributed by atoms with E-state index in [-0.39, 0.29) is 22.0 Å². The zero-order chi connectivity index (χ0) is 18.7. The van der Waals surface area contributed by atoms with Gasteiger partial charge in [-0.3, -0.25) is 14.9 Å². The summed E-state index contributed by atoms with van der Waals surface area (Å²) >= 11 is 5.94. The molecule has 0 aromatic heterocycles. The maximum absolute atomic E-state index is 13.2. The Morgan fingerprint density at radius 3 is 2.62 bits per heavy atom. The van der Waals surface area contributed by atoms with Crippen LogP contribution in [0.1, 0.15) is 10.4 Å². The number of nitro groups is 1. The van der Waals surface area contributed by atoms with Crippen molar-refractivity contribution in [3.05, 3.63) is 62.9 Å². The molecule has 3 rings (SSSR count). The first-order valence-corrected chi connectivity index (χ1v) is 8.21. The molecular formula is C17H15ClFN3O4. The van der Waals surface area contributed by atoms with E-state index < -0.39 is 16.6 Å². The minimum absolute atomic E-state index is 0.0386. The second-order valence-electron chi connectivity index (χ2n) is 5.64. The molecule has 0 aliphatic carbocycles. The summed E-state index contributed by atoms with van der Waals surface area (Å²) in [5.74, 6) is -1.10. The predicted octanol–water partition coefficient (Wildman–Crippen LogP) is 3.48. The highest BCUT2D eigenvalue weighted by atomic mass is 35.5. The number of carbonyl (C=O) groups excluding carboxylic acids is 1. The van der Waals surface area contributed by atoms with Crippen LogP contribution >= 0.6 is 11.6 Å². The third-order valence-electron chi connectivity index (χ3n) is 3.97. The van der Waals surface area contributed by atoms with E-state index in [9.17, 15) is 19.3 Å². The van der Waals surface area contributed by atoms with Crippen molar-refractivity contribution in [2.45, 2.75) is 0 Å². The van der Waals surface area contributed by atoms with Gasteiger partial charge in [-0.05, 0) is 24.3 Å². The van der Waals surface area contributed by atoms with Crippen LogP contribution in [-0.4, -0.2) is 37.1 Å². The highest BCUT2D eigenvalue weighted by molar-refractivity contribution is 6.34. The third kappa shape index (κ3) is 3.92. The second-order valence-corrected chi connectivity index (χ2v) is 6.04. The Bertz CT molecular complexity index is 856. The van der Waals surface area contributed by atoms with Crippen LogP contribution < -0.4 is 10.2 Å². The van der Waals surface area contributed by atoms with Gasteiger partial charge in [0, 0.05) is 25.2 Å². The van der Waals surface area contributed by atoms with Gasteiger partial charge in [0.05, 0.1) is 40.1 Å². The fourth-order valence-electron chi connectivity index (χ4n) is 2.68. The monoisotopic (exact) mass is 379 g/mol. The first-order chi connectivity index (χ1) is 12.5. The Morgan fingerprint density at radius 1 is 1.23 bits per heavy atom. The molecule has 2 aromatic carbocycles. The van der Waals surface area contributed by atoms with Crippen LogP contribution in [0, 0.1) is 15.9 Å². The summed E-state index contributed by atoms with van der Waals surface area (Å²) in [6.07, 6.45) is 0. The number of hydrogen-bond donors (Lipinski definition) is 1. The fraction of sp³-hybridized carbons (Fsp3) is 0.235. The second kappa shape index (κ2) is 7.67. The van der Waals surface area contributed by atoms with E-state index in [1.807, 2.05) is 4.90 Å². The highest BCUT2D eigenvalue weighted by Crippen LogP contribution is 2.29. The van der Waals surface area contributed by atoms with Crippen LogP contribution in [0.25, 0.3) is 0 Å². The lowest BCUT2D eigenvalue weighted by Crippen LogP contribution is -2.37. The van der Waals surface area contributed by atoms with E-state index in [2.05, 4.69) is 5.32 Å². The molecule has 0 bridgehead atoms. The number of morpholine rings is 1. The Hall–Kier alpha value is -2.71. The Labute approximate surface area is 153 Å². The average molecular weight is 380 g/mol. The zero-order valence-electron chi connectivity index (χ0n) is 13.6. The molecule has 0 radical (unpaired) electrons. The molecule has 1 amide bonds. The Morgan fingerprint density at radius 2 is 1.96 bits per heavy atom. The van der Waals surface area contributed by atoms with Crippen molar-refractivity contribution in [2.75, 3.05) is 36.5 Å². The van der Waals surface area contributed by atoms with Gasteiger partial charge in [-0.15, -0.1) is 0 Å². The van der Waals surface area contributed by atoms with E-state index in [0.717, 1.165) is 12.1 Å². The molecule has 1 N–H and O–H groups in total. The van der Waals surface area contributed by atoms with E-state index in [1.165, 1.54) is 18.2 Å². The molecule has 0 atom stereocenters. The lowest BCUT2D eigenvalue weighted by Gasteiger charge is -2.30. The number of non-ortho nitro benzene ring substituents is 1. The quantitative estimate of drug-likeness (QED) is 0.649. The van der Waals surface area contributed by atoms with Gasteiger partial charge in [-0.2, -0.15) is 0 Å². The van der Waals surface area contributed by atoms with Gasteiger partial charge in [-0.1, -0.05) is 11.6 Å². The smallest absolute Gasteiger partial charge is 0.270 e. The van der Waals surface area contributed by atoms with E-state index in [4.69, 9.17) is 16.3 Å². The van der Waals surface area contributed by atoms with Gasteiger partial charge in [0.15, 0.2) is 0 Å². The third-order valence-corrected chi connectivity index (χ3v) is 4.28. The number of nitrogens with one attached hydrogen (secondary N) is 1. The Balaban J connectivity index is 1.95. The van der Waals surface area contributed by atoms with Crippen LogP contribution in [0.2, 0.25) is 5.02 Å². The first-order valence-electron chi connectivity index (χ1n) is 7.83. The molecule has 9 heteroatoms. The molecule has 1 aliphatic rings. The molecule has 0 saturated carbocycles. The van der Waals surface area contributed by atoms with Crippen molar-refractivity contribution in [3.63, 3.8) is 0 Å². The summed E-state index contributed by atoms with van der Waals surface area (Å²) in [6, 6.07) is 7.70. The molecule has 1 fully saturated rings. The number of benzene rings is 2. The maximum atomic E-state index is 13.2. The minimum atomic E-state index is -0.566. The minimum Gasteiger partial charge on any atom is -0.378 e. The summed E-state index contributed by atoms with van der Waals surface area (Å²) in [4.78, 5) is 25.2. The lowest BCUT2D eigenvalue weighted by atomic mass is 10.1. The molecule has 7 nitrogen and oxygen atoms in total. The van der Waals surface area contributed by atoms with Crippen LogP contribution in [0.15, 0.2) is 36.4 Å². The van der Waals surface area contributed by atoms with E-state index >= 15 is 0 Å². The van der Waals surface area contributed by atoms with Gasteiger partial charge in [0.25, 0.3) is 11.6 Å². The summed E-state index contributed by atoms with van der Waals surface area (Å²) in [5, 5.41) is 13.7. The fourth-order valence-corrected chi connectivity index (χ4v) is 2.89. The molecule has 0 spiro atoms. The molecule has 1 saturated heterocycles. The van der Waals surface area contributed by atoms with Crippen LogP contribution in [0.4, 0.5) is 21.5 Å². The molecule has 2 aromatic rings. The van der Waals surface area contributed by atoms with Crippen molar-refractivity contribution in [1.82, 2.24) is 0 Å². The van der Waals surface area contributed by atoms with Crippen molar-refractivity contribution in [2.24, 2.45) is 0 Å². The number of carbonyl (C=O) groups is 1. The molecule has 136 valence electrons. The number of ether oxygens (including phenoxy) is 1. The summed E-state index contributed by atoms with van der Waals surface area (Å²) in [6.45, 7) is 2.13. The topological polar surface area (TPSA) is 84.7 Å². The van der Waals surface area contributed by atoms with Gasteiger partial charge >= 0.3 is 0 Å². The Kier molecular flexibility index (Phi) is 5.34. The molecular weight excluding hydrogens is 365 g/mol. The number of hydrogen-bond acceptors (Lipinski definition) is 5.